The van der Waals surface area contributed by atoms with Gasteiger partial charge in [-0.3, -0.25) is 9.88 Å². The topological polar surface area (TPSA) is 54.2 Å². The van der Waals surface area contributed by atoms with Crippen LogP contribution < -0.4 is 11.1 Å². The molecule has 150 valence electrons. The minimum atomic E-state index is 0.118. The van der Waals surface area contributed by atoms with E-state index >= 15 is 0 Å². The molecule has 3 aromatic rings. The van der Waals surface area contributed by atoms with Gasteiger partial charge in [0.2, 0.25) is 0 Å². The number of nitrogens with two attached hydrogens (primary N) is 1. The Bertz CT molecular complexity index is 917. The second-order valence-corrected chi connectivity index (χ2v) is 7.96. The average Bonchev–Trinajstić information content (AvgIpc) is 2.75. The van der Waals surface area contributed by atoms with Crippen LogP contribution in [0, 0.1) is 6.92 Å². The van der Waals surface area contributed by atoms with Crippen molar-refractivity contribution in [2.45, 2.75) is 38.4 Å². The number of nitrogen functional groups attached to an aromatic ring is 1. The summed E-state index contributed by atoms with van der Waals surface area (Å²) in [5.41, 5.74) is 11.8. The van der Waals surface area contributed by atoms with E-state index < -0.39 is 0 Å². The van der Waals surface area contributed by atoms with Crippen molar-refractivity contribution in [3.63, 3.8) is 0 Å². The Morgan fingerprint density at radius 2 is 1.69 bits per heavy atom. The quantitative estimate of drug-likeness (QED) is 0.620. The van der Waals surface area contributed by atoms with Gasteiger partial charge >= 0.3 is 0 Å². The largest absolute Gasteiger partial charge is 0.398 e. The first-order valence-electron chi connectivity index (χ1n) is 10.5. The minimum Gasteiger partial charge on any atom is -0.398 e. The second-order valence-electron chi connectivity index (χ2n) is 7.96. The summed E-state index contributed by atoms with van der Waals surface area (Å²) >= 11 is 0. The number of aromatic nitrogens is 1. The molecule has 2 aromatic carbocycles. The Kier molecular flexibility index (Phi) is 6.23. The van der Waals surface area contributed by atoms with Crippen molar-refractivity contribution in [3.8, 4) is 0 Å². The van der Waals surface area contributed by atoms with Crippen molar-refractivity contribution in [1.82, 2.24) is 15.2 Å². The summed E-state index contributed by atoms with van der Waals surface area (Å²) in [6, 6.07) is 25.7. The number of hydrogen-bond donors (Lipinski definition) is 2. The van der Waals surface area contributed by atoms with Gasteiger partial charge in [0, 0.05) is 37.1 Å². The molecule has 4 heteroatoms. The summed E-state index contributed by atoms with van der Waals surface area (Å²) in [6.45, 7) is 5.15. The molecule has 29 heavy (non-hydrogen) atoms. The van der Waals surface area contributed by atoms with Crippen molar-refractivity contribution >= 4 is 5.69 Å². The molecule has 0 aliphatic carbocycles. The molecule has 2 heterocycles. The van der Waals surface area contributed by atoms with E-state index in [-0.39, 0.29) is 6.04 Å². The van der Waals surface area contributed by atoms with Gasteiger partial charge in [-0.05, 0) is 49.1 Å². The molecule has 0 amide bonds. The van der Waals surface area contributed by atoms with Crippen molar-refractivity contribution in [3.05, 3.63) is 95.3 Å². The van der Waals surface area contributed by atoms with Crippen molar-refractivity contribution in [2.24, 2.45) is 0 Å². The van der Waals surface area contributed by atoms with Gasteiger partial charge < -0.3 is 11.1 Å². The van der Waals surface area contributed by atoms with E-state index in [0.29, 0.717) is 6.04 Å². The maximum atomic E-state index is 6.33. The number of hydrogen-bond acceptors (Lipinski definition) is 4. The summed E-state index contributed by atoms with van der Waals surface area (Å²) in [6.07, 6.45) is 2.25. The summed E-state index contributed by atoms with van der Waals surface area (Å²) in [5.74, 6) is 0. The third kappa shape index (κ3) is 5.03. The highest BCUT2D eigenvalue weighted by molar-refractivity contribution is 5.51. The Labute approximate surface area is 173 Å². The monoisotopic (exact) mass is 386 g/mol. The van der Waals surface area contributed by atoms with Crippen molar-refractivity contribution in [1.29, 1.82) is 0 Å². The Balaban J connectivity index is 1.42. The third-order valence-electron chi connectivity index (χ3n) is 5.76. The number of pyridine rings is 1. The number of piperidine rings is 1. The Morgan fingerprint density at radius 3 is 2.41 bits per heavy atom. The van der Waals surface area contributed by atoms with Crippen molar-refractivity contribution in [2.75, 3.05) is 18.8 Å². The molecule has 4 nitrogen and oxygen atoms in total. The maximum absolute atomic E-state index is 6.33. The van der Waals surface area contributed by atoms with Crippen LogP contribution in [0.2, 0.25) is 0 Å². The first-order chi connectivity index (χ1) is 14.2. The lowest BCUT2D eigenvalue weighted by Gasteiger charge is -2.35. The molecule has 1 unspecified atom stereocenters. The number of nitrogens with one attached hydrogen (secondary N) is 1. The lowest BCUT2D eigenvalue weighted by molar-refractivity contribution is 0.185. The first-order valence-corrected chi connectivity index (χ1v) is 10.5. The molecular formula is C25H30N4. The van der Waals surface area contributed by atoms with E-state index in [9.17, 15) is 0 Å². The lowest BCUT2D eigenvalue weighted by Crippen LogP contribution is -2.43. The summed E-state index contributed by atoms with van der Waals surface area (Å²) in [7, 11) is 0. The predicted molar refractivity (Wildman–Crippen MR) is 120 cm³/mol. The number of likely N-dealkylation sites (tertiary alicyclic amines) is 1. The van der Waals surface area contributed by atoms with E-state index in [1.54, 1.807) is 0 Å². The number of benzene rings is 2. The molecular weight excluding hydrogens is 356 g/mol. The third-order valence-corrected chi connectivity index (χ3v) is 5.76. The highest BCUT2D eigenvalue weighted by Gasteiger charge is 2.24. The molecule has 1 fully saturated rings. The number of aryl methyl sites for hydroxylation is 1. The highest BCUT2D eigenvalue weighted by atomic mass is 15.1. The number of rotatable bonds is 6. The Hall–Kier alpha value is -2.69. The molecule has 1 saturated heterocycles. The molecule has 1 aliphatic heterocycles. The van der Waals surface area contributed by atoms with Gasteiger partial charge in [-0.25, -0.2) is 0 Å². The van der Waals surface area contributed by atoms with E-state index in [1.165, 1.54) is 5.56 Å². The fourth-order valence-corrected chi connectivity index (χ4v) is 4.19. The second kappa shape index (κ2) is 9.21. The van der Waals surface area contributed by atoms with Crippen LogP contribution in [-0.4, -0.2) is 29.0 Å². The fourth-order valence-electron chi connectivity index (χ4n) is 4.19. The molecule has 3 N–H and O–H groups in total. The zero-order valence-electron chi connectivity index (χ0n) is 17.1. The van der Waals surface area contributed by atoms with Crippen molar-refractivity contribution < 1.29 is 0 Å². The van der Waals surface area contributed by atoms with Crippen LogP contribution in [0.3, 0.4) is 0 Å². The zero-order chi connectivity index (χ0) is 20.1. The van der Waals surface area contributed by atoms with Crippen LogP contribution in [0.25, 0.3) is 0 Å². The summed E-state index contributed by atoms with van der Waals surface area (Å²) in [5, 5.41) is 3.90. The van der Waals surface area contributed by atoms with Crippen LogP contribution in [0.5, 0.6) is 0 Å². The highest BCUT2D eigenvalue weighted by Crippen LogP contribution is 2.28. The maximum Gasteiger partial charge on any atom is 0.0599 e. The van der Waals surface area contributed by atoms with Crippen LogP contribution in [0.15, 0.2) is 72.8 Å². The summed E-state index contributed by atoms with van der Waals surface area (Å²) < 4.78 is 0. The van der Waals surface area contributed by atoms with Crippen LogP contribution in [0.4, 0.5) is 5.69 Å². The molecule has 0 saturated carbocycles. The van der Waals surface area contributed by atoms with Crippen LogP contribution in [-0.2, 0) is 6.54 Å². The molecule has 1 aromatic heterocycles. The van der Waals surface area contributed by atoms with Gasteiger partial charge in [-0.1, -0.05) is 54.6 Å². The average molecular weight is 387 g/mol. The normalized spacial score (nSPS) is 16.6. The molecule has 4 rings (SSSR count). The van der Waals surface area contributed by atoms with Gasteiger partial charge in [0.25, 0.3) is 0 Å². The molecule has 1 atom stereocenters. The number of anilines is 1. The Morgan fingerprint density at radius 1 is 0.966 bits per heavy atom. The minimum absolute atomic E-state index is 0.118. The van der Waals surface area contributed by atoms with E-state index in [0.717, 1.165) is 55.1 Å². The van der Waals surface area contributed by atoms with E-state index in [1.807, 2.05) is 12.1 Å². The lowest BCUT2D eigenvalue weighted by atomic mass is 9.94. The van der Waals surface area contributed by atoms with Crippen LogP contribution >= 0.6 is 0 Å². The zero-order valence-corrected chi connectivity index (χ0v) is 17.1. The SMILES string of the molecule is Cc1cccc(CN2CCC(NC(c3ccccc3)c3ccccc3N)CC2)n1. The van der Waals surface area contributed by atoms with Crippen LogP contribution in [0.1, 0.15) is 41.4 Å². The van der Waals surface area contributed by atoms with Gasteiger partial charge in [0.15, 0.2) is 0 Å². The van der Waals surface area contributed by atoms with Gasteiger partial charge in [-0.2, -0.15) is 0 Å². The molecule has 0 bridgehead atoms. The number of para-hydroxylation sites is 1. The van der Waals surface area contributed by atoms with Gasteiger partial charge in [0.1, 0.15) is 0 Å². The smallest absolute Gasteiger partial charge is 0.0599 e. The van der Waals surface area contributed by atoms with Gasteiger partial charge in [0.05, 0.1) is 11.7 Å². The predicted octanol–water partition coefficient (Wildman–Crippen LogP) is 4.32. The standard InChI is InChI=1S/C25H30N4/c1-19-8-7-11-22(27-19)18-29-16-14-21(15-17-29)28-25(20-9-3-2-4-10-20)23-12-5-6-13-24(23)26/h2-13,21,25,28H,14-18,26H2,1H3. The van der Waals surface area contributed by atoms with E-state index in [4.69, 9.17) is 5.73 Å². The first kappa shape index (κ1) is 19.6. The summed E-state index contributed by atoms with van der Waals surface area (Å²) in [4.78, 5) is 7.16. The fraction of sp³-hybridized carbons (Fsp3) is 0.320. The molecule has 1 aliphatic rings. The van der Waals surface area contributed by atoms with E-state index in [2.05, 4.69) is 82.8 Å². The molecule has 0 radical (unpaired) electrons. The number of nitrogens with zero attached hydrogens (tertiary/aromatic N) is 2. The molecule has 0 spiro atoms. The van der Waals surface area contributed by atoms with Gasteiger partial charge in [-0.15, -0.1) is 0 Å².